The Morgan fingerprint density at radius 2 is 2.04 bits per heavy atom. The molecule has 3 saturated heterocycles. The number of alkyl halides is 2. The summed E-state index contributed by atoms with van der Waals surface area (Å²) in [5.41, 5.74) is -1.54. The van der Waals surface area contributed by atoms with Crippen LogP contribution in [-0.2, 0) is 19.4 Å². The Morgan fingerprint density at radius 1 is 1.36 bits per heavy atom. The number of hydrogen-bond acceptors (Lipinski definition) is 5. The minimum absolute atomic E-state index is 0.0849. The van der Waals surface area contributed by atoms with Crippen molar-refractivity contribution < 1.29 is 26.7 Å². The number of piperidine rings is 1. The molecule has 1 spiro atoms. The van der Waals surface area contributed by atoms with Crippen LogP contribution in [0.25, 0.3) is 0 Å². The highest BCUT2D eigenvalue weighted by Gasteiger charge is 2.76. The number of nitrogens with zero attached hydrogens (tertiary/aromatic N) is 2. The molecular weight excluding hydrogens is 414 g/mol. The van der Waals surface area contributed by atoms with Crippen molar-refractivity contribution in [1.29, 1.82) is 0 Å². The summed E-state index contributed by atoms with van der Waals surface area (Å²) < 4.78 is 55.8. The summed E-state index contributed by atoms with van der Waals surface area (Å²) in [6.07, 6.45) is -0.420. The number of epoxide rings is 1. The van der Waals surface area contributed by atoms with E-state index in [1.54, 1.807) is 0 Å². The van der Waals surface area contributed by atoms with Gasteiger partial charge in [-0.1, -0.05) is 24.6 Å². The second kappa shape index (κ2) is 7.81. The molecular formula is C18H27ClF2N2O4S. The Labute approximate surface area is 169 Å². The molecule has 0 aromatic carbocycles. The Bertz CT molecular complexity index is 757. The lowest BCUT2D eigenvalue weighted by Gasteiger charge is -2.35. The molecule has 0 bridgehead atoms. The van der Waals surface area contributed by atoms with Crippen LogP contribution < -0.4 is 0 Å². The summed E-state index contributed by atoms with van der Waals surface area (Å²) in [4.78, 5) is 15.4. The quantitative estimate of drug-likeness (QED) is 0.593. The molecule has 1 unspecified atom stereocenters. The number of likely N-dealkylation sites (tertiary alicyclic amines) is 2. The summed E-state index contributed by atoms with van der Waals surface area (Å²) >= 11 is 5.95. The van der Waals surface area contributed by atoms with Crippen LogP contribution in [0.4, 0.5) is 8.78 Å². The molecule has 3 heterocycles. The van der Waals surface area contributed by atoms with E-state index in [4.69, 9.17) is 11.6 Å². The van der Waals surface area contributed by atoms with Crippen LogP contribution in [0, 0.1) is 11.8 Å². The molecule has 3 atom stereocenters. The lowest BCUT2D eigenvalue weighted by Crippen LogP contribution is -2.42. The fourth-order valence-corrected chi connectivity index (χ4v) is 5.76. The minimum atomic E-state index is -3.45. The molecule has 3 rings (SSSR count). The molecule has 0 aliphatic carbocycles. The van der Waals surface area contributed by atoms with E-state index in [0.29, 0.717) is 24.9 Å². The maximum absolute atomic E-state index is 13.2. The van der Waals surface area contributed by atoms with Gasteiger partial charge in [-0.25, -0.2) is 8.42 Å². The van der Waals surface area contributed by atoms with Crippen molar-refractivity contribution in [1.82, 2.24) is 9.80 Å². The smallest absolute Gasteiger partial charge is 0.339 e. The molecule has 1 amide bonds. The zero-order chi connectivity index (χ0) is 20.7. The van der Waals surface area contributed by atoms with E-state index >= 15 is 0 Å². The van der Waals surface area contributed by atoms with Crippen LogP contribution in [-0.4, -0.2) is 73.6 Å². The molecule has 160 valence electrons. The number of hydrogen-bond donors (Lipinski definition) is 0. The summed E-state index contributed by atoms with van der Waals surface area (Å²) in [6, 6.07) is 0. The highest BCUT2D eigenvalue weighted by molar-refractivity contribution is 7.91. The number of rotatable bonds is 6. The molecule has 3 fully saturated rings. The fraction of sp³-hybridized carbons (Fsp3) is 0.833. The average molecular weight is 441 g/mol. The van der Waals surface area contributed by atoms with Gasteiger partial charge in [-0.2, -0.15) is 8.78 Å². The molecule has 6 nitrogen and oxygen atoms in total. The van der Waals surface area contributed by atoms with Crippen LogP contribution in [0.3, 0.4) is 0 Å². The van der Waals surface area contributed by atoms with Crippen molar-refractivity contribution in [3.8, 4) is 0 Å². The second-order valence-corrected chi connectivity index (χ2v) is 11.0. The maximum atomic E-state index is 13.2. The van der Waals surface area contributed by atoms with Crippen LogP contribution >= 0.6 is 11.6 Å². The van der Waals surface area contributed by atoms with E-state index in [9.17, 15) is 22.0 Å². The van der Waals surface area contributed by atoms with Crippen LogP contribution in [0.15, 0.2) is 11.1 Å². The largest absolute Gasteiger partial charge is 0.387 e. The van der Waals surface area contributed by atoms with Gasteiger partial charge >= 0.3 is 6.11 Å². The van der Waals surface area contributed by atoms with Gasteiger partial charge in [-0.3, -0.25) is 9.69 Å². The first-order chi connectivity index (χ1) is 12.9. The van der Waals surface area contributed by atoms with Gasteiger partial charge in [0, 0.05) is 31.0 Å². The summed E-state index contributed by atoms with van der Waals surface area (Å²) in [7, 11) is -3.45. The Morgan fingerprint density at radius 3 is 2.57 bits per heavy atom. The van der Waals surface area contributed by atoms with E-state index in [1.165, 1.54) is 4.90 Å². The fourth-order valence-electron chi connectivity index (χ4n) is 4.19. The monoisotopic (exact) mass is 440 g/mol. The average Bonchev–Trinajstić information content (AvgIpc) is 2.90. The number of ether oxygens (including phenoxy) is 1. The predicted octanol–water partition coefficient (Wildman–Crippen LogP) is 2.44. The van der Waals surface area contributed by atoms with E-state index in [0.717, 1.165) is 11.5 Å². The first-order valence-corrected chi connectivity index (χ1v) is 11.8. The van der Waals surface area contributed by atoms with Crippen LogP contribution in [0.1, 0.15) is 33.1 Å². The number of carbonyl (C=O) groups excluding carboxylic acids is 1. The lowest BCUT2D eigenvalue weighted by molar-refractivity contribution is -0.129. The van der Waals surface area contributed by atoms with Crippen molar-refractivity contribution >= 4 is 27.3 Å². The molecule has 0 N–H and O–H groups in total. The van der Waals surface area contributed by atoms with Crippen molar-refractivity contribution in [2.45, 2.75) is 44.8 Å². The van der Waals surface area contributed by atoms with Crippen molar-refractivity contribution in [3.05, 3.63) is 11.1 Å². The lowest BCUT2D eigenvalue weighted by atomic mass is 9.87. The summed E-state index contributed by atoms with van der Waals surface area (Å²) in [5, 5.41) is 0.745. The van der Waals surface area contributed by atoms with Crippen molar-refractivity contribution in [3.63, 3.8) is 0 Å². The zero-order valence-electron chi connectivity index (χ0n) is 16.2. The zero-order valence-corrected chi connectivity index (χ0v) is 17.7. The summed E-state index contributed by atoms with van der Waals surface area (Å²) in [5.74, 6) is -0.154. The molecule has 28 heavy (non-hydrogen) atoms. The maximum Gasteiger partial charge on any atom is 0.387 e. The van der Waals surface area contributed by atoms with Crippen molar-refractivity contribution in [2.24, 2.45) is 11.8 Å². The Hall–Kier alpha value is -0.770. The van der Waals surface area contributed by atoms with E-state index in [-0.39, 0.29) is 37.6 Å². The number of allylic oxidation sites excluding steroid dienone is 2. The third-order valence-electron chi connectivity index (χ3n) is 5.90. The Kier molecular flexibility index (Phi) is 6.12. The number of halogens is 3. The van der Waals surface area contributed by atoms with Gasteiger partial charge < -0.3 is 9.64 Å². The SMILES string of the molecule is CC(Cl)=C[C@@H]1CCN(CS(=O)(=O)CCC(=O)N2CCC3(C2)OC3(F)F)C[C@@H]1C. The Balaban J connectivity index is 1.45. The highest BCUT2D eigenvalue weighted by atomic mass is 35.5. The second-order valence-electron chi connectivity index (χ2n) is 8.27. The van der Waals surface area contributed by atoms with Gasteiger partial charge in [0.25, 0.3) is 0 Å². The third-order valence-corrected chi connectivity index (χ3v) is 7.61. The molecule has 3 aliphatic rings. The molecule has 10 heteroatoms. The van der Waals surface area contributed by atoms with Crippen LogP contribution in [0.5, 0.6) is 0 Å². The predicted molar refractivity (Wildman–Crippen MR) is 102 cm³/mol. The van der Waals surface area contributed by atoms with E-state index < -0.39 is 27.5 Å². The van der Waals surface area contributed by atoms with Crippen LogP contribution in [0.2, 0.25) is 0 Å². The normalized spacial score (nSPS) is 33.5. The van der Waals surface area contributed by atoms with Crippen molar-refractivity contribution in [2.75, 3.05) is 37.8 Å². The van der Waals surface area contributed by atoms with Gasteiger partial charge in [-0.15, -0.1) is 0 Å². The molecule has 0 saturated carbocycles. The highest BCUT2D eigenvalue weighted by Crippen LogP contribution is 2.55. The standard InChI is InChI=1S/C18H27ClF2N2O4S/c1-13-10-22(6-3-15(13)9-14(2)19)12-28(25,26)8-4-16(24)23-7-5-17(11-23)18(20,21)27-17/h9,13,15H,3-8,10-12H2,1-2H3/t13-,15-,17?/m0/s1. The molecule has 0 aromatic heterocycles. The minimum Gasteiger partial charge on any atom is -0.339 e. The van der Waals surface area contributed by atoms with E-state index in [1.807, 2.05) is 17.9 Å². The number of sulfone groups is 1. The first-order valence-electron chi connectivity index (χ1n) is 9.55. The third kappa shape index (κ3) is 4.86. The summed E-state index contributed by atoms with van der Waals surface area (Å²) in [6.45, 7) is 5.22. The first kappa shape index (κ1) is 21.9. The molecule has 0 radical (unpaired) electrons. The van der Waals surface area contributed by atoms with Gasteiger partial charge in [0.2, 0.25) is 5.91 Å². The molecule has 0 aromatic rings. The topological polar surface area (TPSA) is 70.2 Å². The van der Waals surface area contributed by atoms with Gasteiger partial charge in [0.1, 0.15) is 5.88 Å². The van der Waals surface area contributed by atoms with Gasteiger partial charge in [0.15, 0.2) is 15.4 Å². The van der Waals surface area contributed by atoms with Gasteiger partial charge in [-0.05, 0) is 31.7 Å². The number of carbonyl (C=O) groups is 1. The van der Waals surface area contributed by atoms with E-state index in [2.05, 4.69) is 11.7 Å². The van der Waals surface area contributed by atoms with Gasteiger partial charge in [0.05, 0.1) is 12.3 Å². The molecule has 3 aliphatic heterocycles. The number of amides is 1.